The highest BCUT2D eigenvalue weighted by molar-refractivity contribution is 5.73. The molecule has 1 aliphatic heterocycles. The molecule has 0 saturated heterocycles. The van der Waals surface area contributed by atoms with Crippen molar-refractivity contribution in [1.82, 2.24) is 0 Å². The van der Waals surface area contributed by atoms with E-state index in [0.29, 0.717) is 11.5 Å². The van der Waals surface area contributed by atoms with Crippen LogP contribution in [0.15, 0.2) is 24.3 Å². The summed E-state index contributed by atoms with van der Waals surface area (Å²) in [6.07, 6.45) is -0.772. The number of aliphatic carboxylic acids is 1. The number of ether oxygens (including phenoxy) is 2. The minimum absolute atomic E-state index is 0.113. The summed E-state index contributed by atoms with van der Waals surface area (Å²) >= 11 is 0. The standard InChI is InChI=1S/C13H17NO5/c1-13(17,6-8(14)12(15)16)11-7-18-9-4-2-3-5-10(9)19-11/h2-5,8,11,17H,6-7,14H2,1H3,(H,15,16)/t8-,11+,13-/m0/s1. The third-order valence-corrected chi connectivity index (χ3v) is 3.15. The fourth-order valence-electron chi connectivity index (χ4n) is 1.99. The highest BCUT2D eigenvalue weighted by Gasteiger charge is 2.39. The Morgan fingerprint density at radius 3 is 2.79 bits per heavy atom. The quantitative estimate of drug-likeness (QED) is 0.729. The summed E-state index contributed by atoms with van der Waals surface area (Å²) in [7, 11) is 0. The topological polar surface area (TPSA) is 102 Å². The van der Waals surface area contributed by atoms with Crippen molar-refractivity contribution in [2.75, 3.05) is 6.61 Å². The molecule has 0 bridgehead atoms. The molecular formula is C13H17NO5. The first-order valence-corrected chi connectivity index (χ1v) is 5.99. The van der Waals surface area contributed by atoms with Crippen molar-refractivity contribution in [2.45, 2.75) is 31.1 Å². The van der Waals surface area contributed by atoms with Crippen molar-refractivity contribution in [3.8, 4) is 11.5 Å². The van der Waals surface area contributed by atoms with E-state index in [4.69, 9.17) is 20.3 Å². The van der Waals surface area contributed by atoms with Crippen molar-refractivity contribution < 1.29 is 24.5 Å². The summed E-state index contributed by atoms with van der Waals surface area (Å²) in [5, 5.41) is 19.1. The van der Waals surface area contributed by atoms with Crippen LogP contribution in [-0.4, -0.2) is 40.5 Å². The highest BCUT2D eigenvalue weighted by Crippen LogP contribution is 2.34. The molecule has 1 aliphatic rings. The molecule has 6 heteroatoms. The molecule has 1 aromatic rings. The average molecular weight is 267 g/mol. The van der Waals surface area contributed by atoms with Gasteiger partial charge in [-0.1, -0.05) is 12.1 Å². The Balaban J connectivity index is 2.09. The van der Waals surface area contributed by atoms with Crippen LogP contribution < -0.4 is 15.2 Å². The van der Waals surface area contributed by atoms with Crippen LogP contribution in [0, 0.1) is 0 Å². The van der Waals surface area contributed by atoms with Crippen LogP contribution in [0.25, 0.3) is 0 Å². The largest absolute Gasteiger partial charge is 0.486 e. The zero-order chi connectivity index (χ0) is 14.0. The molecule has 0 fully saturated rings. The highest BCUT2D eigenvalue weighted by atomic mass is 16.6. The molecule has 0 spiro atoms. The molecule has 0 unspecified atom stereocenters. The summed E-state index contributed by atoms with van der Waals surface area (Å²) < 4.78 is 11.1. The van der Waals surface area contributed by atoms with Crippen LogP contribution in [0.4, 0.5) is 0 Å². The lowest BCUT2D eigenvalue weighted by molar-refractivity contribution is -0.142. The number of hydrogen-bond acceptors (Lipinski definition) is 5. The minimum Gasteiger partial charge on any atom is -0.486 e. The van der Waals surface area contributed by atoms with Gasteiger partial charge in [-0.05, 0) is 19.1 Å². The van der Waals surface area contributed by atoms with E-state index in [1.54, 1.807) is 18.2 Å². The van der Waals surface area contributed by atoms with Crippen LogP contribution in [0.1, 0.15) is 13.3 Å². The molecule has 0 aromatic heterocycles. The van der Waals surface area contributed by atoms with E-state index in [1.165, 1.54) is 6.92 Å². The molecule has 3 atom stereocenters. The lowest BCUT2D eigenvalue weighted by Crippen LogP contribution is -2.52. The average Bonchev–Trinajstić information content (AvgIpc) is 2.37. The molecular weight excluding hydrogens is 250 g/mol. The van der Waals surface area contributed by atoms with E-state index >= 15 is 0 Å². The molecule has 104 valence electrons. The predicted octanol–water partition coefficient (Wildman–Crippen LogP) is 0.379. The Morgan fingerprint density at radius 1 is 1.53 bits per heavy atom. The van der Waals surface area contributed by atoms with E-state index in [0.717, 1.165) is 0 Å². The molecule has 1 aromatic carbocycles. The Hall–Kier alpha value is -1.79. The summed E-state index contributed by atoms with van der Waals surface area (Å²) in [6, 6.07) is 5.97. The van der Waals surface area contributed by atoms with E-state index < -0.39 is 23.7 Å². The number of carboxylic acids is 1. The Kier molecular flexibility index (Phi) is 3.64. The first kappa shape index (κ1) is 13.6. The number of aliphatic hydroxyl groups is 1. The van der Waals surface area contributed by atoms with Crippen molar-refractivity contribution >= 4 is 5.97 Å². The van der Waals surface area contributed by atoms with Gasteiger partial charge in [-0.15, -0.1) is 0 Å². The van der Waals surface area contributed by atoms with Gasteiger partial charge in [0.15, 0.2) is 17.6 Å². The molecule has 4 N–H and O–H groups in total. The maximum absolute atomic E-state index is 10.7. The van der Waals surface area contributed by atoms with Gasteiger partial charge in [-0.3, -0.25) is 4.79 Å². The van der Waals surface area contributed by atoms with Gasteiger partial charge in [0.05, 0.1) is 0 Å². The second kappa shape index (κ2) is 5.07. The lowest BCUT2D eigenvalue weighted by Gasteiger charge is -2.37. The molecule has 0 amide bonds. The van der Waals surface area contributed by atoms with Gasteiger partial charge in [0.25, 0.3) is 0 Å². The molecule has 0 saturated carbocycles. The Labute approximate surface area is 110 Å². The van der Waals surface area contributed by atoms with Crippen LogP contribution >= 0.6 is 0 Å². The number of hydrogen-bond donors (Lipinski definition) is 3. The number of carbonyl (C=O) groups is 1. The molecule has 19 heavy (non-hydrogen) atoms. The first-order chi connectivity index (χ1) is 8.90. The smallest absolute Gasteiger partial charge is 0.320 e. The fourth-order valence-corrected chi connectivity index (χ4v) is 1.99. The van der Waals surface area contributed by atoms with E-state index in [-0.39, 0.29) is 13.0 Å². The summed E-state index contributed by atoms with van der Waals surface area (Å²) in [4.78, 5) is 10.7. The number of carboxylic acid groups (broad SMARTS) is 1. The first-order valence-electron chi connectivity index (χ1n) is 5.99. The monoisotopic (exact) mass is 267 g/mol. The molecule has 0 aliphatic carbocycles. The summed E-state index contributed by atoms with van der Waals surface area (Å²) in [5.41, 5.74) is 4.06. The van der Waals surface area contributed by atoms with Gasteiger partial charge in [0, 0.05) is 6.42 Å². The molecule has 1 heterocycles. The Morgan fingerprint density at radius 2 is 2.16 bits per heavy atom. The normalized spacial score (nSPS) is 22.4. The maximum atomic E-state index is 10.7. The van der Waals surface area contributed by atoms with Gasteiger partial charge in [0.1, 0.15) is 18.2 Å². The summed E-state index contributed by atoms with van der Waals surface area (Å²) in [6.45, 7) is 1.65. The van der Waals surface area contributed by atoms with Crippen molar-refractivity contribution in [3.63, 3.8) is 0 Å². The van der Waals surface area contributed by atoms with Crippen LogP contribution in [0.5, 0.6) is 11.5 Å². The number of rotatable bonds is 4. The van der Waals surface area contributed by atoms with Crippen molar-refractivity contribution in [1.29, 1.82) is 0 Å². The second-order valence-corrected chi connectivity index (χ2v) is 4.87. The van der Waals surface area contributed by atoms with Crippen molar-refractivity contribution in [2.24, 2.45) is 5.73 Å². The van der Waals surface area contributed by atoms with E-state index in [9.17, 15) is 9.90 Å². The van der Waals surface area contributed by atoms with E-state index in [2.05, 4.69) is 0 Å². The van der Waals surface area contributed by atoms with Crippen LogP contribution in [-0.2, 0) is 4.79 Å². The predicted molar refractivity (Wildman–Crippen MR) is 67.2 cm³/mol. The van der Waals surface area contributed by atoms with Crippen molar-refractivity contribution in [3.05, 3.63) is 24.3 Å². The van der Waals surface area contributed by atoms with E-state index in [1.807, 2.05) is 6.07 Å². The van der Waals surface area contributed by atoms with Gasteiger partial charge >= 0.3 is 5.97 Å². The zero-order valence-electron chi connectivity index (χ0n) is 10.6. The Bertz CT molecular complexity index is 474. The lowest BCUT2D eigenvalue weighted by atomic mass is 9.91. The van der Waals surface area contributed by atoms with Gasteiger partial charge < -0.3 is 25.4 Å². The zero-order valence-corrected chi connectivity index (χ0v) is 10.6. The molecule has 0 radical (unpaired) electrons. The SMILES string of the molecule is C[C@](O)(C[C@H](N)C(=O)O)[C@H]1COc2ccccc2O1. The second-order valence-electron chi connectivity index (χ2n) is 4.87. The fraction of sp³-hybridized carbons (Fsp3) is 0.462. The molecule has 6 nitrogen and oxygen atoms in total. The number of fused-ring (bicyclic) bond motifs is 1. The molecule has 2 rings (SSSR count). The minimum atomic E-state index is -1.38. The van der Waals surface area contributed by atoms with Gasteiger partial charge in [-0.25, -0.2) is 0 Å². The van der Waals surface area contributed by atoms with Gasteiger partial charge in [-0.2, -0.15) is 0 Å². The maximum Gasteiger partial charge on any atom is 0.320 e. The third-order valence-electron chi connectivity index (χ3n) is 3.15. The summed E-state index contributed by atoms with van der Waals surface area (Å²) in [5.74, 6) is -0.0163. The van der Waals surface area contributed by atoms with Gasteiger partial charge in [0.2, 0.25) is 0 Å². The van der Waals surface area contributed by atoms with Crippen LogP contribution in [0.2, 0.25) is 0 Å². The van der Waals surface area contributed by atoms with Crippen LogP contribution in [0.3, 0.4) is 0 Å². The number of benzene rings is 1. The number of para-hydroxylation sites is 2. The third kappa shape index (κ3) is 2.97. The number of nitrogens with two attached hydrogens (primary N) is 1.